The van der Waals surface area contributed by atoms with Gasteiger partial charge in [0.2, 0.25) is 11.8 Å². The van der Waals surface area contributed by atoms with Crippen LogP contribution in [0.5, 0.6) is 0 Å². The fourth-order valence-electron chi connectivity index (χ4n) is 4.19. The summed E-state index contributed by atoms with van der Waals surface area (Å²) in [7, 11) is 0. The van der Waals surface area contributed by atoms with Crippen molar-refractivity contribution in [2.75, 3.05) is 19.8 Å². The molecule has 1 aliphatic carbocycles. The molecule has 3 N–H and O–H groups in total. The Balaban J connectivity index is 1.66. The Morgan fingerprint density at radius 3 is 2.73 bits per heavy atom. The number of carbonyl (C=O) groups is 2. The van der Waals surface area contributed by atoms with Crippen molar-refractivity contribution in [1.82, 2.24) is 15.6 Å². The third-order valence-electron chi connectivity index (χ3n) is 6.09. The fourth-order valence-corrected chi connectivity index (χ4v) is 4.19. The zero-order chi connectivity index (χ0) is 21.3. The van der Waals surface area contributed by atoms with Gasteiger partial charge in [0.25, 0.3) is 0 Å². The van der Waals surface area contributed by atoms with Crippen molar-refractivity contribution in [2.45, 2.75) is 58.4 Å². The van der Waals surface area contributed by atoms with E-state index < -0.39 is 6.04 Å². The van der Waals surface area contributed by atoms with Gasteiger partial charge in [0, 0.05) is 49.2 Å². The average Bonchev–Trinajstić information content (AvgIpc) is 3.16. The van der Waals surface area contributed by atoms with Gasteiger partial charge in [-0.25, -0.2) is 0 Å². The lowest BCUT2D eigenvalue weighted by atomic mass is 9.82. The Kier molecular flexibility index (Phi) is 8.31. The van der Waals surface area contributed by atoms with E-state index in [9.17, 15) is 9.59 Å². The number of H-pyrrole nitrogens is 1. The molecule has 1 aromatic heterocycles. The number of hydrogen-bond acceptors (Lipinski definition) is 3. The first-order valence-corrected chi connectivity index (χ1v) is 11.3. The number of aromatic nitrogens is 1. The summed E-state index contributed by atoms with van der Waals surface area (Å²) in [6.07, 6.45) is 7.13. The second-order valence-corrected chi connectivity index (χ2v) is 8.42. The van der Waals surface area contributed by atoms with Gasteiger partial charge in [-0.1, -0.05) is 25.1 Å². The predicted molar refractivity (Wildman–Crippen MR) is 119 cm³/mol. The largest absolute Gasteiger partial charge is 0.382 e. The molecule has 0 radical (unpaired) electrons. The van der Waals surface area contributed by atoms with Crippen LogP contribution >= 0.6 is 0 Å². The molecule has 0 spiro atoms. The molecule has 1 fully saturated rings. The number of aromatic amines is 1. The number of benzene rings is 1. The van der Waals surface area contributed by atoms with Gasteiger partial charge in [-0.05, 0) is 56.6 Å². The predicted octanol–water partition coefficient (Wildman–Crippen LogP) is 3.56. The van der Waals surface area contributed by atoms with E-state index in [0.29, 0.717) is 32.1 Å². The van der Waals surface area contributed by atoms with Crippen LogP contribution in [0.2, 0.25) is 0 Å². The third kappa shape index (κ3) is 6.08. The highest BCUT2D eigenvalue weighted by Crippen LogP contribution is 2.28. The highest BCUT2D eigenvalue weighted by molar-refractivity contribution is 5.90. The van der Waals surface area contributed by atoms with Crippen LogP contribution < -0.4 is 10.6 Å². The van der Waals surface area contributed by atoms with E-state index in [4.69, 9.17) is 4.74 Å². The highest BCUT2D eigenvalue weighted by atomic mass is 16.5. The molecule has 1 heterocycles. The maximum absolute atomic E-state index is 12.9. The van der Waals surface area contributed by atoms with E-state index in [0.717, 1.165) is 48.6 Å². The number of carbonyl (C=O) groups excluding carboxylic acids is 2. The lowest BCUT2D eigenvalue weighted by Gasteiger charge is -2.27. The highest BCUT2D eigenvalue weighted by Gasteiger charge is 2.28. The molecule has 0 unspecified atom stereocenters. The SMILES string of the molecule is CCOCCCNC(=O)[C@@H](Cc1c[nH]c2ccccc12)NC(=O)C1CCC(C)CC1. The van der Waals surface area contributed by atoms with Crippen LogP contribution in [0.4, 0.5) is 0 Å². The van der Waals surface area contributed by atoms with Gasteiger partial charge in [-0.15, -0.1) is 0 Å². The topological polar surface area (TPSA) is 83.2 Å². The van der Waals surface area contributed by atoms with Crippen LogP contribution in [0.25, 0.3) is 10.9 Å². The summed E-state index contributed by atoms with van der Waals surface area (Å²) in [5.74, 6) is 0.577. The van der Waals surface area contributed by atoms with Crippen molar-refractivity contribution in [1.29, 1.82) is 0 Å². The standard InChI is InChI=1S/C24H35N3O3/c1-3-30-14-6-13-25-24(29)22(27-23(28)18-11-9-17(2)10-12-18)15-19-16-26-21-8-5-4-7-20(19)21/h4-5,7-8,16-18,22,26H,3,6,9-15H2,1-2H3,(H,25,29)(H,27,28)/t17?,18?,22-/m1/s1. The van der Waals surface area contributed by atoms with Gasteiger partial charge in [0.05, 0.1) is 0 Å². The quantitative estimate of drug-likeness (QED) is 0.521. The summed E-state index contributed by atoms with van der Waals surface area (Å²) >= 11 is 0. The van der Waals surface area contributed by atoms with Crippen LogP contribution in [0, 0.1) is 11.8 Å². The molecule has 6 heteroatoms. The van der Waals surface area contributed by atoms with Crippen LogP contribution in [-0.2, 0) is 20.7 Å². The molecule has 6 nitrogen and oxygen atoms in total. The molecule has 164 valence electrons. The molecule has 3 rings (SSSR count). The summed E-state index contributed by atoms with van der Waals surface area (Å²) in [5.41, 5.74) is 2.08. The Bertz CT molecular complexity index is 824. The average molecular weight is 414 g/mol. The zero-order valence-electron chi connectivity index (χ0n) is 18.2. The molecule has 2 amide bonds. The van der Waals surface area contributed by atoms with E-state index in [-0.39, 0.29) is 17.7 Å². The van der Waals surface area contributed by atoms with Crippen molar-refractivity contribution >= 4 is 22.7 Å². The van der Waals surface area contributed by atoms with Crippen molar-refractivity contribution in [3.63, 3.8) is 0 Å². The second-order valence-electron chi connectivity index (χ2n) is 8.42. The van der Waals surface area contributed by atoms with Crippen molar-refractivity contribution in [3.8, 4) is 0 Å². The molecule has 1 aromatic carbocycles. The number of ether oxygens (including phenoxy) is 1. The fraction of sp³-hybridized carbons (Fsp3) is 0.583. The number of para-hydroxylation sites is 1. The summed E-state index contributed by atoms with van der Waals surface area (Å²) in [6.45, 7) is 6.03. The summed E-state index contributed by atoms with van der Waals surface area (Å²) in [6, 6.07) is 7.45. The zero-order valence-corrected chi connectivity index (χ0v) is 18.2. The lowest BCUT2D eigenvalue weighted by molar-refractivity contribution is -0.131. The summed E-state index contributed by atoms with van der Waals surface area (Å²) in [5, 5.41) is 7.12. The first-order valence-electron chi connectivity index (χ1n) is 11.3. The molecule has 30 heavy (non-hydrogen) atoms. The molecule has 0 saturated heterocycles. The number of hydrogen-bond donors (Lipinski definition) is 3. The van der Waals surface area contributed by atoms with Gasteiger partial charge < -0.3 is 20.4 Å². The van der Waals surface area contributed by atoms with Crippen molar-refractivity contribution < 1.29 is 14.3 Å². The molecular weight excluding hydrogens is 378 g/mol. The Morgan fingerprint density at radius 1 is 1.20 bits per heavy atom. The lowest BCUT2D eigenvalue weighted by Crippen LogP contribution is -2.50. The molecule has 0 aliphatic heterocycles. The van der Waals surface area contributed by atoms with Crippen LogP contribution in [0.15, 0.2) is 30.5 Å². The maximum Gasteiger partial charge on any atom is 0.242 e. The smallest absolute Gasteiger partial charge is 0.242 e. The van der Waals surface area contributed by atoms with Crippen molar-refractivity contribution in [2.24, 2.45) is 11.8 Å². The van der Waals surface area contributed by atoms with Gasteiger partial charge in [0.15, 0.2) is 0 Å². The van der Waals surface area contributed by atoms with Gasteiger partial charge >= 0.3 is 0 Å². The molecule has 1 saturated carbocycles. The van der Waals surface area contributed by atoms with E-state index in [1.165, 1.54) is 0 Å². The maximum atomic E-state index is 12.9. The Hall–Kier alpha value is -2.34. The molecule has 1 aliphatic rings. The van der Waals surface area contributed by atoms with Gasteiger partial charge in [0.1, 0.15) is 6.04 Å². The van der Waals surface area contributed by atoms with E-state index in [1.807, 2.05) is 37.4 Å². The minimum Gasteiger partial charge on any atom is -0.382 e. The first-order chi connectivity index (χ1) is 14.6. The van der Waals surface area contributed by atoms with E-state index in [2.05, 4.69) is 22.5 Å². The second kappa shape index (κ2) is 11.2. The monoisotopic (exact) mass is 413 g/mol. The Morgan fingerprint density at radius 2 is 1.97 bits per heavy atom. The number of rotatable bonds is 10. The van der Waals surface area contributed by atoms with Crippen LogP contribution in [-0.4, -0.2) is 42.6 Å². The van der Waals surface area contributed by atoms with Gasteiger partial charge in [-0.3, -0.25) is 9.59 Å². The van der Waals surface area contributed by atoms with E-state index >= 15 is 0 Å². The third-order valence-corrected chi connectivity index (χ3v) is 6.09. The Labute approximate surface area is 179 Å². The van der Waals surface area contributed by atoms with Gasteiger partial charge in [-0.2, -0.15) is 0 Å². The van der Waals surface area contributed by atoms with E-state index in [1.54, 1.807) is 0 Å². The number of amides is 2. The molecule has 1 atom stereocenters. The normalized spacial score (nSPS) is 20.1. The number of fused-ring (bicyclic) bond motifs is 1. The minimum atomic E-state index is -0.580. The first kappa shape index (κ1) is 22.3. The van der Waals surface area contributed by atoms with Crippen molar-refractivity contribution in [3.05, 3.63) is 36.0 Å². The minimum absolute atomic E-state index is 0.0104. The molecule has 2 aromatic rings. The molecular formula is C24H35N3O3. The van der Waals surface area contributed by atoms with Crippen LogP contribution in [0.3, 0.4) is 0 Å². The molecule has 0 bridgehead atoms. The summed E-state index contributed by atoms with van der Waals surface area (Å²) < 4.78 is 5.34. The summed E-state index contributed by atoms with van der Waals surface area (Å²) in [4.78, 5) is 29.1. The van der Waals surface area contributed by atoms with Crippen LogP contribution in [0.1, 0.15) is 51.5 Å². The number of nitrogens with one attached hydrogen (secondary N) is 3.